The summed E-state index contributed by atoms with van der Waals surface area (Å²) in [6.07, 6.45) is -4.72. The van der Waals surface area contributed by atoms with Crippen molar-refractivity contribution in [3.05, 3.63) is 36.0 Å². The van der Waals surface area contributed by atoms with Crippen LogP contribution in [-0.4, -0.2) is 40.0 Å². The Morgan fingerprint density at radius 1 is 1.24 bits per heavy atom. The second kappa shape index (κ2) is 7.34. The van der Waals surface area contributed by atoms with Crippen LogP contribution in [-0.2, 0) is 27.5 Å². The molecule has 1 heterocycles. The first-order chi connectivity index (χ1) is 11.7. The zero-order valence-electron chi connectivity index (χ0n) is 13.0. The molecule has 0 radical (unpaired) electrons. The lowest BCUT2D eigenvalue weighted by Crippen LogP contribution is -2.22. The number of carboxylic acids is 1. The van der Waals surface area contributed by atoms with Gasteiger partial charge in [-0.05, 0) is 5.56 Å². The molecule has 7 nitrogen and oxygen atoms in total. The van der Waals surface area contributed by atoms with Crippen LogP contribution < -0.4 is 5.32 Å². The molecule has 0 bridgehead atoms. The maximum absolute atomic E-state index is 13.3. The van der Waals surface area contributed by atoms with Crippen molar-refractivity contribution in [2.45, 2.75) is 6.18 Å². The monoisotopic (exact) mass is 357 g/mol. The molecule has 0 aliphatic carbocycles. The number of nitrogens with zero attached hydrogens (tertiary/aromatic N) is 2. The van der Waals surface area contributed by atoms with E-state index in [9.17, 15) is 22.8 Å². The summed E-state index contributed by atoms with van der Waals surface area (Å²) in [6.45, 7) is -1.31. The topological polar surface area (TPSA) is 93.5 Å². The number of halogens is 3. The van der Waals surface area contributed by atoms with Crippen molar-refractivity contribution >= 4 is 17.7 Å². The molecule has 134 valence electrons. The summed E-state index contributed by atoms with van der Waals surface area (Å²) in [5.41, 5.74) is -1.19. The first-order valence-corrected chi connectivity index (χ1v) is 6.99. The largest absolute Gasteiger partial charge is 0.480 e. The van der Waals surface area contributed by atoms with E-state index in [0.717, 1.165) is 4.68 Å². The summed E-state index contributed by atoms with van der Waals surface area (Å²) in [5, 5.41) is 14.2. The number of hydrogen-bond donors (Lipinski definition) is 2. The van der Waals surface area contributed by atoms with Crippen molar-refractivity contribution < 1.29 is 32.6 Å². The average Bonchev–Trinajstić information content (AvgIpc) is 2.85. The van der Waals surface area contributed by atoms with Crippen molar-refractivity contribution in [1.82, 2.24) is 9.78 Å². The molecular weight excluding hydrogens is 343 g/mol. The molecule has 0 atom stereocenters. The van der Waals surface area contributed by atoms with E-state index < -0.39 is 37.0 Å². The second-order valence-electron chi connectivity index (χ2n) is 4.99. The van der Waals surface area contributed by atoms with Crippen molar-refractivity contribution in [3.63, 3.8) is 0 Å². The van der Waals surface area contributed by atoms with E-state index in [4.69, 9.17) is 5.11 Å². The van der Waals surface area contributed by atoms with E-state index in [-0.39, 0.29) is 16.9 Å². The molecule has 2 aromatic rings. The predicted octanol–water partition coefficient (Wildman–Crippen LogP) is 2.15. The summed E-state index contributed by atoms with van der Waals surface area (Å²) in [5.74, 6) is -2.23. The molecule has 2 rings (SSSR count). The molecule has 1 aromatic carbocycles. The number of carbonyl (C=O) groups excluding carboxylic acids is 1. The number of aryl methyl sites for hydroxylation is 1. The van der Waals surface area contributed by atoms with Crippen LogP contribution >= 0.6 is 0 Å². The van der Waals surface area contributed by atoms with Crippen LogP contribution in [0.5, 0.6) is 0 Å². The Hall–Kier alpha value is -2.88. The first kappa shape index (κ1) is 18.5. The minimum Gasteiger partial charge on any atom is -0.480 e. The van der Waals surface area contributed by atoms with Gasteiger partial charge in [0.1, 0.15) is 19.0 Å². The lowest BCUT2D eigenvalue weighted by Gasteiger charge is -2.10. The summed E-state index contributed by atoms with van der Waals surface area (Å²) >= 11 is 0. The van der Waals surface area contributed by atoms with Gasteiger partial charge >= 0.3 is 12.1 Å². The normalized spacial score (nSPS) is 11.4. The first-order valence-electron chi connectivity index (χ1n) is 6.99. The Balaban J connectivity index is 2.36. The van der Waals surface area contributed by atoms with Crippen LogP contribution in [0.2, 0.25) is 0 Å². The molecule has 0 saturated heterocycles. The van der Waals surface area contributed by atoms with Crippen LogP contribution in [0.4, 0.5) is 19.0 Å². The van der Waals surface area contributed by atoms with Gasteiger partial charge in [-0.25, -0.2) is 4.79 Å². The molecule has 1 aromatic heterocycles. The third kappa shape index (κ3) is 4.57. The number of rotatable bonds is 6. The number of alkyl halides is 3. The fourth-order valence-electron chi connectivity index (χ4n) is 2.14. The van der Waals surface area contributed by atoms with E-state index in [1.54, 1.807) is 18.2 Å². The summed E-state index contributed by atoms with van der Waals surface area (Å²) in [4.78, 5) is 22.2. The fraction of sp³-hybridized carbons (Fsp3) is 0.267. The van der Waals surface area contributed by atoms with Gasteiger partial charge in [0.25, 0.3) is 5.91 Å². The number of hydrogen-bond acceptors (Lipinski definition) is 4. The molecule has 2 N–H and O–H groups in total. The molecule has 0 saturated carbocycles. The number of benzene rings is 1. The number of carbonyl (C=O) groups is 2. The Morgan fingerprint density at radius 3 is 2.44 bits per heavy atom. The molecule has 25 heavy (non-hydrogen) atoms. The second-order valence-corrected chi connectivity index (χ2v) is 4.99. The van der Waals surface area contributed by atoms with Gasteiger partial charge < -0.3 is 15.2 Å². The molecule has 0 aliphatic rings. The van der Waals surface area contributed by atoms with Crippen molar-refractivity contribution in [3.8, 4) is 11.1 Å². The number of anilines is 1. The van der Waals surface area contributed by atoms with Gasteiger partial charge in [-0.2, -0.15) is 18.3 Å². The highest BCUT2D eigenvalue weighted by atomic mass is 19.4. The highest BCUT2D eigenvalue weighted by Gasteiger charge is 2.39. The van der Waals surface area contributed by atoms with Crippen LogP contribution in [0.3, 0.4) is 0 Å². The lowest BCUT2D eigenvalue weighted by molar-refractivity contribution is -0.143. The van der Waals surface area contributed by atoms with E-state index in [0.29, 0.717) is 0 Å². The number of nitrogens with one attached hydrogen (secondary N) is 1. The summed E-state index contributed by atoms with van der Waals surface area (Å²) in [6, 6.07) is 7.69. The number of amides is 1. The van der Waals surface area contributed by atoms with Gasteiger partial charge in [0.2, 0.25) is 0 Å². The zero-order chi connectivity index (χ0) is 18.6. The van der Waals surface area contributed by atoms with Gasteiger partial charge in [-0.3, -0.25) is 9.48 Å². The van der Waals surface area contributed by atoms with Gasteiger partial charge in [0.05, 0.1) is 5.56 Å². The Kier molecular flexibility index (Phi) is 5.42. The third-order valence-electron chi connectivity index (χ3n) is 3.09. The smallest absolute Gasteiger partial charge is 0.435 e. The van der Waals surface area contributed by atoms with E-state index in [2.05, 4.69) is 15.2 Å². The molecule has 0 aliphatic heterocycles. The number of aliphatic carboxylic acids is 1. The molecule has 0 fully saturated rings. The maximum Gasteiger partial charge on any atom is 0.435 e. The average molecular weight is 357 g/mol. The number of carboxylic acid groups (broad SMARTS) is 1. The predicted molar refractivity (Wildman–Crippen MR) is 80.7 cm³/mol. The molecule has 0 unspecified atom stereocenters. The van der Waals surface area contributed by atoms with Crippen LogP contribution in [0.15, 0.2) is 30.3 Å². The number of ether oxygens (including phenoxy) is 1. The van der Waals surface area contributed by atoms with Gasteiger partial charge in [-0.15, -0.1) is 0 Å². The molecule has 10 heteroatoms. The Morgan fingerprint density at radius 2 is 1.88 bits per heavy atom. The van der Waals surface area contributed by atoms with Gasteiger partial charge in [0, 0.05) is 7.05 Å². The fourth-order valence-corrected chi connectivity index (χ4v) is 2.14. The SMILES string of the molecule is Cn1nc(C(F)(F)F)c(-c2ccccc2)c1NC(=O)COCC(=O)O. The van der Waals surface area contributed by atoms with Crippen molar-refractivity contribution in [2.24, 2.45) is 7.05 Å². The third-order valence-corrected chi connectivity index (χ3v) is 3.09. The summed E-state index contributed by atoms with van der Waals surface area (Å²) in [7, 11) is 1.26. The molecule has 1 amide bonds. The van der Waals surface area contributed by atoms with E-state index >= 15 is 0 Å². The minimum absolute atomic E-state index is 0.164. The van der Waals surface area contributed by atoms with Crippen LogP contribution in [0.25, 0.3) is 11.1 Å². The molecular formula is C15H14F3N3O4. The van der Waals surface area contributed by atoms with E-state index in [1.807, 2.05) is 0 Å². The van der Waals surface area contributed by atoms with E-state index in [1.165, 1.54) is 19.2 Å². The van der Waals surface area contributed by atoms with Gasteiger partial charge in [0.15, 0.2) is 5.69 Å². The van der Waals surface area contributed by atoms with Crippen molar-refractivity contribution in [2.75, 3.05) is 18.5 Å². The maximum atomic E-state index is 13.3. The quantitative estimate of drug-likeness (QED) is 0.826. The highest BCUT2D eigenvalue weighted by molar-refractivity contribution is 5.95. The van der Waals surface area contributed by atoms with Crippen LogP contribution in [0, 0.1) is 0 Å². The zero-order valence-corrected chi connectivity index (χ0v) is 13.0. The Bertz CT molecular complexity index is 772. The molecule has 0 spiro atoms. The Labute approximate surface area is 140 Å². The van der Waals surface area contributed by atoms with Gasteiger partial charge in [-0.1, -0.05) is 30.3 Å². The van der Waals surface area contributed by atoms with Crippen molar-refractivity contribution in [1.29, 1.82) is 0 Å². The summed E-state index contributed by atoms with van der Waals surface area (Å²) < 4.78 is 45.4. The van der Waals surface area contributed by atoms with Crippen LogP contribution in [0.1, 0.15) is 5.69 Å². The lowest BCUT2D eigenvalue weighted by atomic mass is 10.1. The highest BCUT2D eigenvalue weighted by Crippen LogP contribution is 2.40. The standard InChI is InChI=1S/C15H14F3N3O4/c1-21-14(19-10(22)7-25-8-11(23)24)12(9-5-3-2-4-6-9)13(20-21)15(16,17)18/h2-6H,7-8H2,1H3,(H,19,22)(H,23,24). The number of aromatic nitrogens is 2. The minimum atomic E-state index is -4.72.